The molecule has 1 aliphatic rings. The van der Waals surface area contributed by atoms with Crippen molar-refractivity contribution >= 4 is 17.5 Å². The van der Waals surface area contributed by atoms with Gasteiger partial charge in [0.15, 0.2) is 0 Å². The standard InChI is InChI=1S/C13H21N3O2/c1-2-10-14-12(17)13(18)16-15-11-8-6-4-3-5-7-9-11/h2H,1,3-10H2,(H,14,17)(H,16,18). The molecule has 1 rings (SSSR count). The van der Waals surface area contributed by atoms with Crippen LogP contribution < -0.4 is 10.7 Å². The zero-order chi connectivity index (χ0) is 13.2. The molecule has 0 unspecified atom stereocenters. The van der Waals surface area contributed by atoms with Crippen molar-refractivity contribution in [3.05, 3.63) is 12.7 Å². The van der Waals surface area contributed by atoms with Crippen molar-refractivity contribution in [2.75, 3.05) is 6.54 Å². The van der Waals surface area contributed by atoms with Crippen LogP contribution in [0.4, 0.5) is 0 Å². The number of hydrogen-bond acceptors (Lipinski definition) is 3. The maximum absolute atomic E-state index is 11.4. The Morgan fingerprint density at radius 1 is 1.11 bits per heavy atom. The van der Waals surface area contributed by atoms with Gasteiger partial charge in [-0.1, -0.05) is 25.3 Å². The van der Waals surface area contributed by atoms with Crippen LogP contribution in [0.25, 0.3) is 0 Å². The second-order valence-corrected chi connectivity index (χ2v) is 4.39. The lowest BCUT2D eigenvalue weighted by atomic mass is 9.99. The fraction of sp³-hybridized carbons (Fsp3) is 0.615. The monoisotopic (exact) mass is 251 g/mol. The summed E-state index contributed by atoms with van der Waals surface area (Å²) in [6, 6.07) is 0. The van der Waals surface area contributed by atoms with E-state index in [0.717, 1.165) is 31.4 Å². The Morgan fingerprint density at radius 2 is 1.72 bits per heavy atom. The summed E-state index contributed by atoms with van der Waals surface area (Å²) in [6.07, 6.45) is 9.27. The second kappa shape index (κ2) is 8.44. The van der Waals surface area contributed by atoms with Gasteiger partial charge in [0.25, 0.3) is 0 Å². The van der Waals surface area contributed by atoms with Crippen LogP contribution in [0.15, 0.2) is 17.8 Å². The summed E-state index contributed by atoms with van der Waals surface area (Å²) in [5, 5.41) is 6.45. The van der Waals surface area contributed by atoms with Crippen molar-refractivity contribution in [2.45, 2.75) is 44.9 Å². The number of carbonyl (C=O) groups excluding carboxylic acids is 2. The third-order valence-electron chi connectivity index (χ3n) is 2.86. The van der Waals surface area contributed by atoms with Crippen LogP contribution >= 0.6 is 0 Å². The number of hydrogen-bond donors (Lipinski definition) is 2. The van der Waals surface area contributed by atoms with Crippen LogP contribution in [0.1, 0.15) is 44.9 Å². The molecule has 5 nitrogen and oxygen atoms in total. The molecule has 0 atom stereocenters. The molecule has 0 aromatic heterocycles. The average molecular weight is 251 g/mol. The lowest BCUT2D eigenvalue weighted by molar-refractivity contribution is -0.139. The summed E-state index contributed by atoms with van der Waals surface area (Å²) in [5.74, 6) is -1.39. The molecular weight excluding hydrogens is 230 g/mol. The highest BCUT2D eigenvalue weighted by Gasteiger charge is 2.12. The summed E-state index contributed by atoms with van der Waals surface area (Å²) in [7, 11) is 0. The van der Waals surface area contributed by atoms with Gasteiger partial charge in [-0.15, -0.1) is 6.58 Å². The highest BCUT2D eigenvalue weighted by atomic mass is 16.2. The fourth-order valence-corrected chi connectivity index (χ4v) is 1.85. The molecule has 0 radical (unpaired) electrons. The van der Waals surface area contributed by atoms with E-state index >= 15 is 0 Å². The molecular formula is C13H21N3O2. The smallest absolute Gasteiger partial charge is 0.329 e. The lowest BCUT2D eigenvalue weighted by Crippen LogP contribution is -2.38. The van der Waals surface area contributed by atoms with Gasteiger partial charge in [-0.3, -0.25) is 9.59 Å². The van der Waals surface area contributed by atoms with E-state index in [1.54, 1.807) is 0 Å². The Balaban J connectivity index is 2.38. The van der Waals surface area contributed by atoms with Crippen LogP contribution in [0, 0.1) is 0 Å². The van der Waals surface area contributed by atoms with Crippen molar-refractivity contribution in [1.29, 1.82) is 0 Å². The lowest BCUT2D eigenvalue weighted by Gasteiger charge is -2.10. The van der Waals surface area contributed by atoms with Gasteiger partial charge in [-0.05, 0) is 25.7 Å². The van der Waals surface area contributed by atoms with E-state index in [1.807, 2.05) is 0 Å². The molecule has 5 heteroatoms. The van der Waals surface area contributed by atoms with Gasteiger partial charge in [-0.2, -0.15) is 5.10 Å². The average Bonchev–Trinajstić information content (AvgIpc) is 2.34. The minimum absolute atomic E-state index is 0.281. The molecule has 2 amide bonds. The third kappa shape index (κ3) is 5.61. The molecule has 1 saturated carbocycles. The molecule has 1 aliphatic carbocycles. The van der Waals surface area contributed by atoms with Crippen LogP contribution in [0.3, 0.4) is 0 Å². The summed E-state index contributed by atoms with van der Waals surface area (Å²) >= 11 is 0. The van der Waals surface area contributed by atoms with E-state index in [2.05, 4.69) is 22.4 Å². The second-order valence-electron chi connectivity index (χ2n) is 4.39. The van der Waals surface area contributed by atoms with E-state index in [9.17, 15) is 9.59 Å². The summed E-state index contributed by atoms with van der Waals surface area (Å²) < 4.78 is 0. The Bertz CT molecular complexity index is 327. The fourth-order valence-electron chi connectivity index (χ4n) is 1.85. The van der Waals surface area contributed by atoms with Crippen molar-refractivity contribution in [2.24, 2.45) is 5.10 Å². The molecule has 0 bridgehead atoms. The van der Waals surface area contributed by atoms with E-state index < -0.39 is 11.8 Å². The van der Waals surface area contributed by atoms with Crippen LogP contribution in [0.2, 0.25) is 0 Å². The molecule has 0 aromatic rings. The molecule has 18 heavy (non-hydrogen) atoms. The minimum atomic E-state index is -0.716. The third-order valence-corrected chi connectivity index (χ3v) is 2.86. The van der Waals surface area contributed by atoms with Crippen LogP contribution in [-0.2, 0) is 9.59 Å². The summed E-state index contributed by atoms with van der Waals surface area (Å²) in [5.41, 5.74) is 3.30. The van der Waals surface area contributed by atoms with Crippen LogP contribution in [0.5, 0.6) is 0 Å². The van der Waals surface area contributed by atoms with Gasteiger partial charge in [0, 0.05) is 12.3 Å². The molecule has 2 N–H and O–H groups in total. The number of carbonyl (C=O) groups is 2. The van der Waals surface area contributed by atoms with Crippen molar-refractivity contribution < 1.29 is 9.59 Å². The Kier molecular flexibility index (Phi) is 6.76. The minimum Gasteiger partial charge on any atom is -0.344 e. The van der Waals surface area contributed by atoms with Crippen molar-refractivity contribution in [1.82, 2.24) is 10.7 Å². The van der Waals surface area contributed by atoms with E-state index in [0.29, 0.717) is 0 Å². The number of amides is 2. The molecule has 100 valence electrons. The summed E-state index contributed by atoms with van der Waals surface area (Å²) in [6.45, 7) is 3.74. The topological polar surface area (TPSA) is 70.6 Å². The van der Waals surface area contributed by atoms with E-state index in [-0.39, 0.29) is 6.54 Å². The van der Waals surface area contributed by atoms with Crippen molar-refractivity contribution in [3.63, 3.8) is 0 Å². The number of hydrazone groups is 1. The van der Waals surface area contributed by atoms with Crippen molar-refractivity contribution in [3.8, 4) is 0 Å². The highest BCUT2D eigenvalue weighted by molar-refractivity contribution is 6.35. The van der Waals surface area contributed by atoms with Gasteiger partial charge in [0.1, 0.15) is 0 Å². The zero-order valence-electron chi connectivity index (χ0n) is 10.7. The molecule has 0 aliphatic heterocycles. The highest BCUT2D eigenvalue weighted by Crippen LogP contribution is 2.14. The van der Waals surface area contributed by atoms with Crippen LogP contribution in [-0.4, -0.2) is 24.1 Å². The number of rotatable bonds is 3. The SMILES string of the molecule is C=CCNC(=O)C(=O)NN=C1CCCCCCC1. The summed E-state index contributed by atoms with van der Waals surface area (Å²) in [4.78, 5) is 22.6. The molecule has 1 fully saturated rings. The first-order chi connectivity index (χ1) is 8.74. The molecule has 0 heterocycles. The van der Waals surface area contributed by atoms with Gasteiger partial charge >= 0.3 is 11.8 Å². The van der Waals surface area contributed by atoms with Gasteiger partial charge < -0.3 is 5.32 Å². The predicted octanol–water partition coefficient (Wildman–Crippen LogP) is 1.51. The molecule has 0 aromatic carbocycles. The number of nitrogens with zero attached hydrogens (tertiary/aromatic N) is 1. The number of nitrogens with one attached hydrogen (secondary N) is 2. The first kappa shape index (κ1) is 14.4. The first-order valence-corrected chi connectivity index (χ1v) is 6.48. The normalized spacial score (nSPS) is 16.1. The van der Waals surface area contributed by atoms with Gasteiger partial charge in [0.05, 0.1) is 0 Å². The Morgan fingerprint density at radius 3 is 2.33 bits per heavy atom. The van der Waals surface area contributed by atoms with Gasteiger partial charge in [-0.25, -0.2) is 5.43 Å². The molecule has 0 saturated heterocycles. The molecule has 0 spiro atoms. The Hall–Kier alpha value is -1.65. The van der Waals surface area contributed by atoms with E-state index in [4.69, 9.17) is 0 Å². The Labute approximate surface area is 108 Å². The zero-order valence-corrected chi connectivity index (χ0v) is 10.7. The predicted molar refractivity (Wildman–Crippen MR) is 71.1 cm³/mol. The van der Waals surface area contributed by atoms with Gasteiger partial charge in [0.2, 0.25) is 0 Å². The first-order valence-electron chi connectivity index (χ1n) is 6.48. The largest absolute Gasteiger partial charge is 0.344 e. The maximum atomic E-state index is 11.4. The van der Waals surface area contributed by atoms with E-state index in [1.165, 1.54) is 25.3 Å². The maximum Gasteiger partial charge on any atom is 0.329 e. The quantitative estimate of drug-likeness (QED) is 0.453.